The van der Waals surface area contributed by atoms with Gasteiger partial charge in [-0.25, -0.2) is 0 Å². The van der Waals surface area contributed by atoms with E-state index < -0.39 is 6.10 Å². The molecule has 1 fully saturated rings. The van der Waals surface area contributed by atoms with Gasteiger partial charge in [0.25, 0.3) is 0 Å². The van der Waals surface area contributed by atoms with Gasteiger partial charge >= 0.3 is 0 Å². The highest BCUT2D eigenvalue weighted by Gasteiger charge is 2.23. The fourth-order valence-electron chi connectivity index (χ4n) is 3.37. The van der Waals surface area contributed by atoms with E-state index in [-0.39, 0.29) is 0 Å². The topological polar surface area (TPSA) is 32.7 Å². The molecule has 21 heavy (non-hydrogen) atoms. The first-order valence-corrected chi connectivity index (χ1v) is 8.22. The Labute approximate surface area is 128 Å². The molecule has 0 saturated carbocycles. The molecule has 0 amide bonds. The van der Waals surface area contributed by atoms with Crippen molar-refractivity contribution < 1.29 is 9.84 Å². The minimum atomic E-state index is -0.480. The van der Waals surface area contributed by atoms with E-state index >= 15 is 0 Å². The van der Waals surface area contributed by atoms with E-state index in [2.05, 4.69) is 18.7 Å². The molecule has 1 aliphatic heterocycles. The first-order valence-electron chi connectivity index (χ1n) is 8.22. The second kappa shape index (κ2) is 7.81. The summed E-state index contributed by atoms with van der Waals surface area (Å²) in [6, 6.07) is 6.63. The summed E-state index contributed by atoms with van der Waals surface area (Å²) in [5.41, 5.74) is 2.07. The number of hydrogen-bond acceptors (Lipinski definition) is 3. The van der Waals surface area contributed by atoms with Crippen molar-refractivity contribution in [2.24, 2.45) is 0 Å². The van der Waals surface area contributed by atoms with Crippen LogP contribution in [0.4, 0.5) is 0 Å². The quantitative estimate of drug-likeness (QED) is 0.898. The molecule has 1 saturated heterocycles. The Hall–Kier alpha value is -1.06. The summed E-state index contributed by atoms with van der Waals surface area (Å²) in [6.45, 7) is 6.11. The zero-order valence-electron chi connectivity index (χ0n) is 13.6. The number of aryl methyl sites for hydroxylation is 1. The molecule has 3 heteroatoms. The van der Waals surface area contributed by atoms with Crippen LogP contribution in [0.5, 0.6) is 5.75 Å². The smallest absolute Gasteiger partial charge is 0.124 e. The molecule has 0 radical (unpaired) electrons. The minimum Gasteiger partial charge on any atom is -0.496 e. The molecule has 0 aliphatic carbocycles. The standard InChI is InChI=1S/C18H29NO2/c1-4-15-8-6-5-7-11-19(15)13-17(20)16-12-14(2)9-10-18(16)21-3/h9-10,12,15,17,20H,4-8,11,13H2,1-3H3. The van der Waals surface area contributed by atoms with E-state index in [1.165, 1.54) is 25.7 Å². The molecular weight excluding hydrogens is 262 g/mol. The predicted molar refractivity (Wildman–Crippen MR) is 86.8 cm³/mol. The highest BCUT2D eigenvalue weighted by Crippen LogP contribution is 2.29. The molecular formula is C18H29NO2. The average molecular weight is 291 g/mol. The number of aliphatic hydroxyl groups is 1. The van der Waals surface area contributed by atoms with E-state index in [0.29, 0.717) is 12.6 Å². The second-order valence-electron chi connectivity index (χ2n) is 6.17. The number of β-amino-alcohol motifs (C(OH)–C–C–N with tert-alkyl or cyclic N) is 1. The third-order valence-corrected chi connectivity index (χ3v) is 4.62. The summed E-state index contributed by atoms with van der Waals surface area (Å²) in [7, 11) is 1.67. The molecule has 1 aliphatic rings. The Morgan fingerprint density at radius 3 is 2.86 bits per heavy atom. The molecule has 1 aromatic rings. The van der Waals surface area contributed by atoms with Crippen molar-refractivity contribution >= 4 is 0 Å². The monoisotopic (exact) mass is 291 g/mol. The van der Waals surface area contributed by atoms with Gasteiger partial charge in [0.05, 0.1) is 13.2 Å². The van der Waals surface area contributed by atoms with Crippen LogP contribution in [-0.4, -0.2) is 36.2 Å². The molecule has 0 aromatic heterocycles. The molecule has 118 valence electrons. The van der Waals surface area contributed by atoms with Crippen molar-refractivity contribution in [1.82, 2.24) is 4.90 Å². The number of aliphatic hydroxyl groups excluding tert-OH is 1. The van der Waals surface area contributed by atoms with Crippen LogP contribution >= 0.6 is 0 Å². The molecule has 1 N–H and O–H groups in total. The summed E-state index contributed by atoms with van der Waals surface area (Å²) in [5, 5.41) is 10.7. The average Bonchev–Trinajstić information content (AvgIpc) is 2.72. The minimum absolute atomic E-state index is 0.480. The van der Waals surface area contributed by atoms with Crippen LogP contribution in [0.2, 0.25) is 0 Å². The number of ether oxygens (including phenoxy) is 1. The zero-order chi connectivity index (χ0) is 15.2. The fraction of sp³-hybridized carbons (Fsp3) is 0.667. The Balaban J connectivity index is 2.12. The molecule has 0 bridgehead atoms. The highest BCUT2D eigenvalue weighted by molar-refractivity contribution is 5.38. The number of benzene rings is 1. The van der Waals surface area contributed by atoms with Gasteiger partial charge in [-0.05, 0) is 44.9 Å². The van der Waals surface area contributed by atoms with Crippen LogP contribution in [-0.2, 0) is 0 Å². The SMILES string of the molecule is CCC1CCCCCN1CC(O)c1cc(C)ccc1OC. The van der Waals surface area contributed by atoms with Crippen molar-refractivity contribution in [3.05, 3.63) is 29.3 Å². The predicted octanol–water partition coefficient (Wildman–Crippen LogP) is 3.69. The van der Waals surface area contributed by atoms with Crippen LogP contribution < -0.4 is 4.74 Å². The maximum atomic E-state index is 10.7. The van der Waals surface area contributed by atoms with Gasteiger partial charge in [-0.3, -0.25) is 4.90 Å². The molecule has 1 heterocycles. The summed E-state index contributed by atoms with van der Waals surface area (Å²) >= 11 is 0. The van der Waals surface area contributed by atoms with Gasteiger partial charge in [-0.2, -0.15) is 0 Å². The summed E-state index contributed by atoms with van der Waals surface area (Å²) in [5.74, 6) is 0.788. The number of methoxy groups -OCH3 is 1. The second-order valence-corrected chi connectivity index (χ2v) is 6.17. The van der Waals surface area contributed by atoms with Gasteiger partial charge in [-0.1, -0.05) is 31.4 Å². The van der Waals surface area contributed by atoms with Gasteiger partial charge in [0.1, 0.15) is 5.75 Å². The molecule has 2 rings (SSSR count). The van der Waals surface area contributed by atoms with Crippen molar-refractivity contribution in [2.45, 2.75) is 58.1 Å². The lowest BCUT2D eigenvalue weighted by molar-refractivity contribution is 0.0848. The van der Waals surface area contributed by atoms with Crippen LogP contribution in [0.25, 0.3) is 0 Å². The van der Waals surface area contributed by atoms with E-state index in [9.17, 15) is 5.11 Å². The van der Waals surface area contributed by atoms with E-state index in [4.69, 9.17) is 4.74 Å². The van der Waals surface area contributed by atoms with Crippen LogP contribution in [0, 0.1) is 6.92 Å². The lowest BCUT2D eigenvalue weighted by atomic mass is 10.0. The first kappa shape index (κ1) is 16.3. The largest absolute Gasteiger partial charge is 0.496 e. The summed E-state index contributed by atoms with van der Waals surface area (Å²) < 4.78 is 5.41. The van der Waals surface area contributed by atoms with Gasteiger partial charge in [0, 0.05) is 18.2 Å². The Morgan fingerprint density at radius 1 is 1.33 bits per heavy atom. The van der Waals surface area contributed by atoms with Gasteiger partial charge < -0.3 is 9.84 Å². The zero-order valence-corrected chi connectivity index (χ0v) is 13.6. The first-order chi connectivity index (χ1) is 10.2. The third kappa shape index (κ3) is 4.21. The lowest BCUT2D eigenvalue weighted by Crippen LogP contribution is -2.37. The number of hydrogen-bond donors (Lipinski definition) is 1. The van der Waals surface area contributed by atoms with E-state index in [0.717, 1.165) is 29.8 Å². The normalized spacial score (nSPS) is 21.8. The van der Waals surface area contributed by atoms with Gasteiger partial charge in [-0.15, -0.1) is 0 Å². The van der Waals surface area contributed by atoms with E-state index in [1.54, 1.807) is 7.11 Å². The Morgan fingerprint density at radius 2 is 2.14 bits per heavy atom. The van der Waals surface area contributed by atoms with Crippen molar-refractivity contribution in [2.75, 3.05) is 20.2 Å². The molecule has 0 spiro atoms. The van der Waals surface area contributed by atoms with E-state index in [1.807, 2.05) is 18.2 Å². The van der Waals surface area contributed by atoms with Gasteiger partial charge in [0.2, 0.25) is 0 Å². The number of rotatable bonds is 5. The Kier molecular flexibility index (Phi) is 6.07. The van der Waals surface area contributed by atoms with Gasteiger partial charge in [0.15, 0.2) is 0 Å². The summed E-state index contributed by atoms with van der Waals surface area (Å²) in [4.78, 5) is 2.47. The maximum absolute atomic E-state index is 10.7. The van der Waals surface area contributed by atoms with Crippen LogP contribution in [0.1, 0.15) is 56.3 Å². The maximum Gasteiger partial charge on any atom is 0.124 e. The Bertz CT molecular complexity index is 447. The third-order valence-electron chi connectivity index (χ3n) is 4.62. The van der Waals surface area contributed by atoms with Crippen molar-refractivity contribution in [3.8, 4) is 5.75 Å². The number of nitrogens with zero attached hydrogens (tertiary/aromatic N) is 1. The molecule has 2 unspecified atom stereocenters. The lowest BCUT2D eigenvalue weighted by Gasteiger charge is -2.31. The van der Waals surface area contributed by atoms with Crippen LogP contribution in [0.15, 0.2) is 18.2 Å². The molecule has 3 nitrogen and oxygen atoms in total. The highest BCUT2D eigenvalue weighted by atomic mass is 16.5. The van der Waals surface area contributed by atoms with Crippen molar-refractivity contribution in [3.63, 3.8) is 0 Å². The molecule has 1 aromatic carbocycles. The van der Waals surface area contributed by atoms with Crippen molar-refractivity contribution in [1.29, 1.82) is 0 Å². The van der Waals surface area contributed by atoms with Crippen LogP contribution in [0.3, 0.4) is 0 Å². The number of likely N-dealkylation sites (tertiary alicyclic amines) is 1. The molecule has 2 atom stereocenters. The summed E-state index contributed by atoms with van der Waals surface area (Å²) in [6.07, 6.45) is 5.82. The fourth-order valence-corrected chi connectivity index (χ4v) is 3.37.